The zero-order valence-corrected chi connectivity index (χ0v) is 14.5. The number of fused-ring (bicyclic) bond motifs is 1. The maximum Gasteiger partial charge on any atom is 0.258 e. The second-order valence-corrected chi connectivity index (χ2v) is 5.84. The molecule has 0 aliphatic rings. The number of carbonyl (C=O) groups is 2. The predicted octanol–water partition coefficient (Wildman–Crippen LogP) is 2.16. The number of rotatable bonds is 5. The van der Waals surface area contributed by atoms with Crippen molar-refractivity contribution in [2.24, 2.45) is 7.05 Å². The van der Waals surface area contributed by atoms with E-state index >= 15 is 0 Å². The highest BCUT2D eigenvalue weighted by Gasteiger charge is 2.15. The van der Waals surface area contributed by atoms with Crippen molar-refractivity contribution in [2.45, 2.75) is 0 Å². The average molecular weight is 350 g/mol. The number of hydrogen-bond donors (Lipinski definition) is 1. The standard InChI is InChI=1S/C20H18N2O4/c1-22-12-17(15-5-3-4-6-16(15)20(22)25)19(24)21-11-18(23)13-7-9-14(26-2)10-8-13/h3-10,12H,11H2,1-2H3,(H,21,24). The molecule has 0 unspecified atom stereocenters. The first-order valence-corrected chi connectivity index (χ1v) is 8.05. The number of methoxy groups -OCH3 is 1. The highest BCUT2D eigenvalue weighted by atomic mass is 16.5. The van der Waals surface area contributed by atoms with E-state index in [1.54, 1.807) is 62.7 Å². The number of ketones is 1. The van der Waals surface area contributed by atoms with Gasteiger partial charge in [0.25, 0.3) is 11.5 Å². The third-order valence-electron chi connectivity index (χ3n) is 4.16. The maximum atomic E-state index is 12.6. The highest BCUT2D eigenvalue weighted by molar-refractivity contribution is 6.08. The molecule has 6 heteroatoms. The molecule has 0 saturated carbocycles. The Kier molecular flexibility index (Phi) is 4.84. The fourth-order valence-corrected chi connectivity index (χ4v) is 2.73. The number of hydrogen-bond acceptors (Lipinski definition) is 4. The van der Waals surface area contributed by atoms with Crippen LogP contribution in [0.25, 0.3) is 10.8 Å². The lowest BCUT2D eigenvalue weighted by Crippen LogP contribution is -2.31. The van der Waals surface area contributed by atoms with Gasteiger partial charge in [-0.2, -0.15) is 0 Å². The second kappa shape index (κ2) is 7.23. The Balaban J connectivity index is 1.80. The van der Waals surface area contributed by atoms with Gasteiger partial charge in [-0.3, -0.25) is 14.4 Å². The smallest absolute Gasteiger partial charge is 0.258 e. The van der Waals surface area contributed by atoms with Gasteiger partial charge in [0.05, 0.1) is 19.2 Å². The number of nitrogens with one attached hydrogen (secondary N) is 1. The molecular formula is C20H18N2O4. The molecule has 1 amide bonds. The van der Waals surface area contributed by atoms with Crippen molar-refractivity contribution in [3.63, 3.8) is 0 Å². The van der Waals surface area contributed by atoms with Crippen LogP contribution in [0.1, 0.15) is 20.7 Å². The molecule has 1 N–H and O–H groups in total. The molecule has 0 bridgehead atoms. The lowest BCUT2D eigenvalue weighted by Gasteiger charge is -2.10. The van der Waals surface area contributed by atoms with Crippen LogP contribution in [0.5, 0.6) is 5.75 Å². The molecule has 1 aromatic heterocycles. The minimum atomic E-state index is -0.404. The number of carbonyl (C=O) groups excluding carboxylic acids is 2. The van der Waals surface area contributed by atoms with Gasteiger partial charge in [0.2, 0.25) is 0 Å². The summed E-state index contributed by atoms with van der Waals surface area (Å²) in [7, 11) is 3.14. The molecule has 0 atom stereocenters. The molecule has 132 valence electrons. The van der Waals surface area contributed by atoms with E-state index in [-0.39, 0.29) is 17.9 Å². The molecule has 0 radical (unpaired) electrons. The summed E-state index contributed by atoms with van der Waals surface area (Å²) < 4.78 is 6.42. The van der Waals surface area contributed by atoms with Crippen molar-refractivity contribution in [3.05, 3.63) is 76.2 Å². The first-order valence-electron chi connectivity index (χ1n) is 8.05. The molecule has 2 aromatic carbocycles. The summed E-state index contributed by atoms with van der Waals surface area (Å²) in [5.41, 5.74) is 0.660. The molecule has 0 aliphatic heterocycles. The third-order valence-corrected chi connectivity index (χ3v) is 4.16. The Labute approximate surface area is 150 Å². The largest absolute Gasteiger partial charge is 0.497 e. The molecule has 0 aliphatic carbocycles. The Morgan fingerprint density at radius 2 is 1.69 bits per heavy atom. The summed E-state index contributed by atoms with van der Waals surface area (Å²) in [5.74, 6) is 0.0380. The number of aryl methyl sites for hydroxylation is 1. The normalized spacial score (nSPS) is 10.5. The third kappa shape index (κ3) is 3.35. The lowest BCUT2D eigenvalue weighted by atomic mass is 10.1. The number of benzene rings is 2. The highest BCUT2D eigenvalue weighted by Crippen LogP contribution is 2.15. The molecule has 6 nitrogen and oxygen atoms in total. The molecule has 0 saturated heterocycles. The van der Waals surface area contributed by atoms with E-state index in [0.717, 1.165) is 0 Å². The number of aromatic nitrogens is 1. The van der Waals surface area contributed by atoms with Crippen LogP contribution >= 0.6 is 0 Å². The van der Waals surface area contributed by atoms with Crippen molar-refractivity contribution in [2.75, 3.05) is 13.7 Å². The van der Waals surface area contributed by atoms with Crippen LogP contribution < -0.4 is 15.6 Å². The van der Waals surface area contributed by atoms with Crippen LogP contribution in [0.3, 0.4) is 0 Å². The Bertz CT molecular complexity index is 1040. The Morgan fingerprint density at radius 3 is 2.35 bits per heavy atom. The Hall–Kier alpha value is -3.41. The average Bonchev–Trinajstić information content (AvgIpc) is 2.68. The van der Waals surface area contributed by atoms with Gasteiger partial charge in [-0.25, -0.2) is 0 Å². The minimum Gasteiger partial charge on any atom is -0.497 e. The SMILES string of the molecule is COc1ccc(C(=O)CNC(=O)c2cn(C)c(=O)c3ccccc23)cc1. The molecule has 0 fully saturated rings. The van der Waals surface area contributed by atoms with Gasteiger partial charge in [-0.1, -0.05) is 18.2 Å². The fraction of sp³-hybridized carbons (Fsp3) is 0.150. The van der Waals surface area contributed by atoms with Crippen LogP contribution in [0.2, 0.25) is 0 Å². The topological polar surface area (TPSA) is 77.4 Å². The molecule has 26 heavy (non-hydrogen) atoms. The van der Waals surface area contributed by atoms with Crippen LogP contribution in [0, 0.1) is 0 Å². The van der Waals surface area contributed by atoms with Gasteiger partial charge < -0.3 is 14.6 Å². The van der Waals surface area contributed by atoms with Crippen molar-refractivity contribution in [3.8, 4) is 5.75 Å². The number of Topliss-reactive ketones (excluding diaryl/α,β-unsaturated/α-hetero) is 1. The summed E-state index contributed by atoms with van der Waals surface area (Å²) in [6, 6.07) is 13.6. The summed E-state index contributed by atoms with van der Waals surface area (Å²) in [5, 5.41) is 3.65. The van der Waals surface area contributed by atoms with Crippen molar-refractivity contribution in [1.29, 1.82) is 0 Å². The molecule has 3 rings (SSSR count). The molecule has 0 spiro atoms. The predicted molar refractivity (Wildman–Crippen MR) is 98.8 cm³/mol. The second-order valence-electron chi connectivity index (χ2n) is 5.84. The van der Waals surface area contributed by atoms with E-state index in [0.29, 0.717) is 27.6 Å². The summed E-state index contributed by atoms with van der Waals surface area (Å²) in [4.78, 5) is 37.0. The van der Waals surface area contributed by atoms with E-state index in [1.807, 2.05) is 0 Å². The number of amides is 1. The van der Waals surface area contributed by atoms with Crippen LogP contribution in [-0.2, 0) is 7.05 Å². The molecular weight excluding hydrogens is 332 g/mol. The van der Waals surface area contributed by atoms with Gasteiger partial charge in [0.15, 0.2) is 5.78 Å². The van der Waals surface area contributed by atoms with Gasteiger partial charge in [-0.05, 0) is 30.3 Å². The molecule has 3 aromatic rings. The van der Waals surface area contributed by atoms with E-state index in [4.69, 9.17) is 4.74 Å². The summed E-state index contributed by atoms with van der Waals surface area (Å²) >= 11 is 0. The van der Waals surface area contributed by atoms with Crippen molar-refractivity contribution >= 4 is 22.5 Å². The zero-order valence-electron chi connectivity index (χ0n) is 14.5. The lowest BCUT2D eigenvalue weighted by molar-refractivity contribution is 0.0904. The van der Waals surface area contributed by atoms with E-state index in [1.165, 1.54) is 10.8 Å². The fourth-order valence-electron chi connectivity index (χ4n) is 2.73. The first-order chi connectivity index (χ1) is 12.5. The van der Waals surface area contributed by atoms with Crippen molar-refractivity contribution < 1.29 is 14.3 Å². The maximum absolute atomic E-state index is 12.6. The van der Waals surface area contributed by atoms with Crippen LogP contribution in [0.4, 0.5) is 0 Å². The van der Waals surface area contributed by atoms with Crippen LogP contribution in [-0.4, -0.2) is 29.9 Å². The van der Waals surface area contributed by atoms with E-state index < -0.39 is 5.91 Å². The summed E-state index contributed by atoms with van der Waals surface area (Å²) in [6.07, 6.45) is 1.48. The monoisotopic (exact) mass is 350 g/mol. The van der Waals surface area contributed by atoms with E-state index in [2.05, 4.69) is 5.32 Å². The van der Waals surface area contributed by atoms with Gasteiger partial charge in [0.1, 0.15) is 5.75 Å². The summed E-state index contributed by atoms with van der Waals surface area (Å²) in [6.45, 7) is -0.137. The van der Waals surface area contributed by atoms with Gasteiger partial charge >= 0.3 is 0 Å². The molecule has 1 heterocycles. The van der Waals surface area contributed by atoms with E-state index in [9.17, 15) is 14.4 Å². The van der Waals surface area contributed by atoms with Gasteiger partial charge in [-0.15, -0.1) is 0 Å². The number of pyridine rings is 1. The Morgan fingerprint density at radius 1 is 1.04 bits per heavy atom. The first kappa shape index (κ1) is 17.4. The van der Waals surface area contributed by atoms with Crippen LogP contribution in [0.15, 0.2) is 59.5 Å². The number of nitrogens with zero attached hydrogens (tertiary/aromatic N) is 1. The van der Waals surface area contributed by atoms with Gasteiger partial charge in [0, 0.05) is 29.6 Å². The zero-order chi connectivity index (χ0) is 18.7. The minimum absolute atomic E-state index is 0.137. The van der Waals surface area contributed by atoms with Crippen molar-refractivity contribution in [1.82, 2.24) is 9.88 Å². The quantitative estimate of drug-likeness (QED) is 0.716. The number of ether oxygens (including phenoxy) is 1.